The van der Waals surface area contributed by atoms with Crippen LogP contribution in [-0.4, -0.2) is 12.8 Å². The summed E-state index contributed by atoms with van der Waals surface area (Å²) >= 11 is 0. The molecule has 1 unspecified atom stereocenters. The molecule has 0 aromatic rings. The second-order valence-electron chi connectivity index (χ2n) is 4.63. The zero-order valence-corrected chi connectivity index (χ0v) is 8.88. The minimum Gasteiger partial charge on any atom is -0.390 e. The van der Waals surface area contributed by atoms with E-state index >= 15 is 0 Å². The van der Waals surface area contributed by atoms with Crippen LogP contribution in [-0.2, 0) is 0 Å². The van der Waals surface area contributed by atoms with Crippen molar-refractivity contribution in [1.29, 1.82) is 5.26 Å². The van der Waals surface area contributed by atoms with Gasteiger partial charge < -0.3 is 5.73 Å². The maximum atomic E-state index is 8.78. The van der Waals surface area contributed by atoms with Crippen molar-refractivity contribution in [2.75, 3.05) is 0 Å². The fourth-order valence-electron chi connectivity index (χ4n) is 1.97. The zero-order valence-electron chi connectivity index (χ0n) is 8.88. The van der Waals surface area contributed by atoms with Gasteiger partial charge in [0.2, 0.25) is 0 Å². The van der Waals surface area contributed by atoms with Gasteiger partial charge in [-0.05, 0) is 37.0 Å². The molecule has 0 aliphatic heterocycles. The molecule has 76 valence electrons. The maximum absolute atomic E-state index is 8.78. The molecular weight excluding hydrogens is 174 g/mol. The molecular formula is C11H17N3. The molecule has 1 aliphatic carbocycles. The van der Waals surface area contributed by atoms with Crippen LogP contribution in [0.4, 0.5) is 0 Å². The quantitative estimate of drug-likeness (QED) is 0.509. The Balaban J connectivity index is 2.99. The smallest absolute Gasteiger partial charge is 0.117 e. The molecule has 0 saturated heterocycles. The summed E-state index contributed by atoms with van der Waals surface area (Å²) in [6.45, 7) is 7.93. The lowest BCUT2D eigenvalue weighted by atomic mass is 9.72. The van der Waals surface area contributed by atoms with Crippen LogP contribution in [0.3, 0.4) is 0 Å². The number of nitrogens with zero attached hydrogens (tertiary/aromatic N) is 2. The highest BCUT2D eigenvalue weighted by molar-refractivity contribution is 5.34. The first-order valence-corrected chi connectivity index (χ1v) is 4.84. The van der Waals surface area contributed by atoms with Crippen LogP contribution in [0.1, 0.15) is 33.1 Å². The van der Waals surface area contributed by atoms with Gasteiger partial charge in [0.15, 0.2) is 0 Å². The Morgan fingerprint density at radius 3 is 2.86 bits per heavy atom. The monoisotopic (exact) mass is 191 g/mol. The third-order valence-electron chi connectivity index (χ3n) is 2.85. The highest BCUT2D eigenvalue weighted by Gasteiger charge is 2.31. The number of rotatable bonds is 1. The minimum atomic E-state index is 0.0580. The van der Waals surface area contributed by atoms with Crippen LogP contribution in [0.15, 0.2) is 16.3 Å². The lowest BCUT2D eigenvalue weighted by Gasteiger charge is -2.34. The molecule has 0 aromatic heterocycles. The summed E-state index contributed by atoms with van der Waals surface area (Å²) in [6, 6.07) is 2.06. The molecule has 2 N–H and O–H groups in total. The van der Waals surface area contributed by atoms with Gasteiger partial charge in [-0.15, -0.1) is 0 Å². The van der Waals surface area contributed by atoms with E-state index in [0.717, 1.165) is 24.8 Å². The average Bonchev–Trinajstić information content (AvgIpc) is 2.15. The Hall–Kier alpha value is -1.30. The van der Waals surface area contributed by atoms with Crippen LogP contribution in [0.25, 0.3) is 0 Å². The van der Waals surface area contributed by atoms with Crippen LogP contribution in [0.2, 0.25) is 0 Å². The van der Waals surface area contributed by atoms with E-state index in [4.69, 9.17) is 11.0 Å². The second-order valence-corrected chi connectivity index (χ2v) is 4.63. The summed E-state index contributed by atoms with van der Waals surface area (Å²) < 4.78 is 0. The fourth-order valence-corrected chi connectivity index (χ4v) is 1.97. The van der Waals surface area contributed by atoms with E-state index in [1.165, 1.54) is 0 Å². The topological polar surface area (TPSA) is 62.2 Å². The molecule has 14 heavy (non-hydrogen) atoms. The van der Waals surface area contributed by atoms with Gasteiger partial charge in [0.25, 0.3) is 0 Å². The van der Waals surface area contributed by atoms with Crippen molar-refractivity contribution in [2.24, 2.45) is 16.1 Å². The third-order valence-corrected chi connectivity index (χ3v) is 2.85. The van der Waals surface area contributed by atoms with E-state index in [1.807, 2.05) is 6.07 Å². The molecule has 0 radical (unpaired) electrons. The number of hydrogen-bond acceptors (Lipinski definition) is 3. The molecule has 0 amide bonds. The summed E-state index contributed by atoms with van der Waals surface area (Å²) in [5.74, 6) is 0. The fraction of sp³-hybridized carbons (Fsp3) is 0.636. The Bertz CT molecular complexity index is 307. The van der Waals surface area contributed by atoms with Gasteiger partial charge in [-0.3, -0.25) is 4.99 Å². The largest absolute Gasteiger partial charge is 0.390 e. The zero-order chi connectivity index (χ0) is 10.8. The Kier molecular flexibility index (Phi) is 2.95. The summed E-state index contributed by atoms with van der Waals surface area (Å²) in [5.41, 5.74) is 7.20. The van der Waals surface area contributed by atoms with Crippen LogP contribution in [0.5, 0.6) is 0 Å². The first-order valence-electron chi connectivity index (χ1n) is 4.84. The van der Waals surface area contributed by atoms with Gasteiger partial charge >= 0.3 is 0 Å². The molecule has 1 aliphatic rings. The van der Waals surface area contributed by atoms with Crippen molar-refractivity contribution >= 4 is 6.72 Å². The van der Waals surface area contributed by atoms with E-state index in [1.54, 1.807) is 0 Å². The molecule has 1 fully saturated rings. The molecule has 1 atom stereocenters. The number of hydrogen-bond donors (Lipinski definition) is 1. The molecule has 0 spiro atoms. The van der Waals surface area contributed by atoms with Crippen molar-refractivity contribution in [3.63, 3.8) is 0 Å². The van der Waals surface area contributed by atoms with Gasteiger partial charge in [0, 0.05) is 0 Å². The molecule has 3 heteroatoms. The summed E-state index contributed by atoms with van der Waals surface area (Å²) in [4.78, 5) is 4.02. The predicted octanol–water partition coefficient (Wildman–Crippen LogP) is 2.00. The number of aliphatic imine (C=N–C) groups is 1. The highest BCUT2D eigenvalue weighted by atomic mass is 14.8. The summed E-state index contributed by atoms with van der Waals surface area (Å²) in [5, 5.41) is 8.78. The van der Waals surface area contributed by atoms with Crippen LogP contribution >= 0.6 is 0 Å². The molecule has 3 nitrogen and oxygen atoms in total. The lowest BCUT2D eigenvalue weighted by molar-refractivity contribution is 0.274. The Morgan fingerprint density at radius 1 is 1.71 bits per heavy atom. The van der Waals surface area contributed by atoms with E-state index in [9.17, 15) is 0 Å². The maximum Gasteiger partial charge on any atom is 0.117 e. The number of nitriles is 1. The second kappa shape index (κ2) is 3.83. The summed E-state index contributed by atoms with van der Waals surface area (Å²) in [6.07, 6.45) is 2.92. The average molecular weight is 191 g/mol. The molecule has 1 saturated carbocycles. The van der Waals surface area contributed by atoms with Crippen molar-refractivity contribution in [3.8, 4) is 6.07 Å². The Morgan fingerprint density at radius 2 is 2.36 bits per heavy atom. The van der Waals surface area contributed by atoms with Gasteiger partial charge in [-0.25, -0.2) is 0 Å². The van der Waals surface area contributed by atoms with Crippen LogP contribution in [0, 0.1) is 16.7 Å². The van der Waals surface area contributed by atoms with Crippen LogP contribution < -0.4 is 5.73 Å². The molecule has 0 bridgehead atoms. The standard InChI is InChI=1S/C11H17N3/c1-11(2)5-4-10(14-3)8(6-11)9(13)7-12/h10H,3-6,13H2,1-2H3/b9-8+. The van der Waals surface area contributed by atoms with Crippen molar-refractivity contribution in [1.82, 2.24) is 0 Å². The third kappa shape index (κ3) is 2.14. The van der Waals surface area contributed by atoms with Gasteiger partial charge in [0.05, 0.1) is 6.04 Å². The first-order chi connectivity index (χ1) is 6.50. The molecule has 0 aromatic carbocycles. The van der Waals surface area contributed by atoms with Crippen molar-refractivity contribution in [2.45, 2.75) is 39.2 Å². The normalized spacial score (nSPS) is 29.1. The first kappa shape index (κ1) is 10.8. The van der Waals surface area contributed by atoms with E-state index < -0.39 is 0 Å². The van der Waals surface area contributed by atoms with E-state index in [-0.39, 0.29) is 11.5 Å². The lowest BCUT2D eigenvalue weighted by Crippen LogP contribution is -2.28. The molecule has 0 heterocycles. The highest BCUT2D eigenvalue weighted by Crippen LogP contribution is 2.40. The van der Waals surface area contributed by atoms with Crippen molar-refractivity contribution in [3.05, 3.63) is 11.3 Å². The van der Waals surface area contributed by atoms with E-state index in [0.29, 0.717) is 5.70 Å². The number of allylic oxidation sites excluding steroid dienone is 1. The van der Waals surface area contributed by atoms with Crippen molar-refractivity contribution < 1.29 is 0 Å². The minimum absolute atomic E-state index is 0.0580. The number of nitrogens with two attached hydrogens (primary N) is 1. The Labute approximate surface area is 85.3 Å². The van der Waals surface area contributed by atoms with Gasteiger partial charge in [-0.2, -0.15) is 5.26 Å². The predicted molar refractivity (Wildman–Crippen MR) is 57.8 cm³/mol. The van der Waals surface area contributed by atoms with Gasteiger partial charge in [-0.1, -0.05) is 13.8 Å². The van der Waals surface area contributed by atoms with Gasteiger partial charge in [0.1, 0.15) is 11.8 Å². The summed E-state index contributed by atoms with van der Waals surface area (Å²) in [7, 11) is 0. The van der Waals surface area contributed by atoms with E-state index in [2.05, 4.69) is 25.6 Å². The SMILES string of the molecule is C=NC1CCC(C)(C)C/C1=C(\N)C#N. The molecule has 1 rings (SSSR count).